The predicted octanol–water partition coefficient (Wildman–Crippen LogP) is 5.25. The third kappa shape index (κ3) is 4.44. The normalized spacial score (nSPS) is 11.8. The van der Waals surface area contributed by atoms with Crippen LogP contribution in [0.5, 0.6) is 0 Å². The lowest BCUT2D eigenvalue weighted by Crippen LogP contribution is -2.05. The summed E-state index contributed by atoms with van der Waals surface area (Å²) >= 11 is 4.15. The van der Waals surface area contributed by atoms with Gasteiger partial charge in [-0.1, -0.05) is 0 Å². The number of carbonyl (C=O) groups is 1. The quantitative estimate of drug-likeness (QED) is 0.498. The number of alkyl halides is 3. The monoisotopic (exact) mass is 459 g/mol. The van der Waals surface area contributed by atoms with Gasteiger partial charge in [0.1, 0.15) is 10.8 Å². The van der Waals surface area contributed by atoms with Crippen molar-refractivity contribution < 1.29 is 22.4 Å². The second-order valence-electron chi connectivity index (χ2n) is 5.68. The van der Waals surface area contributed by atoms with Crippen LogP contribution in [-0.2, 0) is 12.7 Å². The van der Waals surface area contributed by atoms with Crippen LogP contribution < -0.4 is 0 Å². The molecule has 3 heterocycles. The number of pyridine rings is 1. The molecular weight excluding hydrogens is 447 g/mol. The van der Waals surface area contributed by atoms with Gasteiger partial charge in [-0.05, 0) is 65.8 Å². The number of furan rings is 1. The fourth-order valence-electron chi connectivity index (χ4n) is 2.30. The first-order valence-electron chi connectivity index (χ1n) is 7.69. The maximum Gasteiger partial charge on any atom is 0.417 e. The van der Waals surface area contributed by atoms with Gasteiger partial charge in [0.2, 0.25) is 0 Å². The van der Waals surface area contributed by atoms with Crippen LogP contribution in [0.3, 0.4) is 0 Å². The highest BCUT2D eigenvalue weighted by atomic mass is 79.9. The number of thioether (sulfide) groups is 1. The average Bonchev–Trinajstić information content (AvgIpc) is 3.16. The van der Waals surface area contributed by atoms with Crippen molar-refractivity contribution in [2.24, 2.45) is 0 Å². The van der Waals surface area contributed by atoms with Gasteiger partial charge in [0.05, 0.1) is 28.0 Å². The van der Waals surface area contributed by atoms with Crippen LogP contribution in [0.4, 0.5) is 13.2 Å². The van der Waals surface area contributed by atoms with Crippen LogP contribution in [0.25, 0.3) is 0 Å². The van der Waals surface area contributed by atoms with Gasteiger partial charge in [-0.2, -0.15) is 18.3 Å². The van der Waals surface area contributed by atoms with E-state index in [-0.39, 0.29) is 10.8 Å². The van der Waals surface area contributed by atoms with E-state index in [9.17, 15) is 18.0 Å². The molecule has 0 N–H and O–H groups in total. The first-order valence-corrected chi connectivity index (χ1v) is 9.29. The van der Waals surface area contributed by atoms with E-state index in [4.69, 9.17) is 4.42 Å². The summed E-state index contributed by atoms with van der Waals surface area (Å²) in [7, 11) is 0. The summed E-state index contributed by atoms with van der Waals surface area (Å²) < 4.78 is 45.8. The summed E-state index contributed by atoms with van der Waals surface area (Å²) in [5.41, 5.74) is 0.912. The van der Waals surface area contributed by atoms with Crippen LogP contribution in [-0.4, -0.2) is 19.9 Å². The third-order valence-corrected chi connectivity index (χ3v) is 5.71. The standard InChI is InChI=1S/C17H13BrF3N3O2S/c1-9-15(18)10(2)24(23-9)8-12-4-5-13(26-12)16(25)27-14-6-3-11(7-22-14)17(19,20)21/h3-7H,8H2,1-2H3. The average molecular weight is 460 g/mol. The highest BCUT2D eigenvalue weighted by Gasteiger charge is 2.30. The molecular formula is C17H13BrF3N3O2S. The molecule has 0 fully saturated rings. The molecule has 3 aromatic rings. The lowest BCUT2D eigenvalue weighted by molar-refractivity contribution is -0.137. The maximum absolute atomic E-state index is 12.5. The Morgan fingerprint density at radius 1 is 1.26 bits per heavy atom. The number of carbonyl (C=O) groups excluding carboxylic acids is 1. The van der Waals surface area contributed by atoms with Crippen molar-refractivity contribution in [1.29, 1.82) is 0 Å². The molecule has 0 aliphatic heterocycles. The Kier molecular flexibility index (Phi) is 5.48. The molecule has 5 nitrogen and oxygen atoms in total. The van der Waals surface area contributed by atoms with E-state index in [2.05, 4.69) is 26.0 Å². The molecule has 0 aliphatic rings. The largest absolute Gasteiger partial charge is 0.455 e. The summed E-state index contributed by atoms with van der Waals surface area (Å²) in [6.45, 7) is 4.14. The SMILES string of the molecule is Cc1nn(Cc2ccc(C(=O)Sc3ccc(C(F)(F)F)cn3)o2)c(C)c1Br. The Bertz CT molecular complexity index is 980. The zero-order chi connectivity index (χ0) is 19.8. The molecule has 27 heavy (non-hydrogen) atoms. The van der Waals surface area contributed by atoms with Gasteiger partial charge in [0, 0.05) is 6.20 Å². The molecule has 0 radical (unpaired) electrons. The maximum atomic E-state index is 12.5. The zero-order valence-electron chi connectivity index (χ0n) is 14.2. The fraction of sp³-hybridized carbons (Fsp3) is 0.235. The molecule has 0 unspecified atom stereocenters. The van der Waals surface area contributed by atoms with Crippen molar-refractivity contribution >= 4 is 32.8 Å². The molecule has 0 aromatic carbocycles. The molecule has 10 heteroatoms. The minimum Gasteiger partial charge on any atom is -0.455 e. The van der Waals surface area contributed by atoms with E-state index >= 15 is 0 Å². The van der Waals surface area contributed by atoms with Crippen molar-refractivity contribution in [2.75, 3.05) is 0 Å². The summed E-state index contributed by atoms with van der Waals surface area (Å²) in [4.78, 5) is 15.9. The van der Waals surface area contributed by atoms with E-state index in [1.807, 2.05) is 13.8 Å². The fourth-order valence-corrected chi connectivity index (χ4v) is 3.23. The molecule has 0 bridgehead atoms. The first kappa shape index (κ1) is 19.7. The second kappa shape index (κ2) is 7.51. The molecule has 0 saturated carbocycles. The number of hydrogen-bond donors (Lipinski definition) is 0. The first-order chi connectivity index (χ1) is 12.6. The lowest BCUT2D eigenvalue weighted by atomic mass is 10.3. The Labute approximate surface area is 165 Å². The zero-order valence-corrected chi connectivity index (χ0v) is 16.6. The number of aromatic nitrogens is 3. The van der Waals surface area contributed by atoms with E-state index < -0.39 is 16.9 Å². The molecule has 142 valence electrons. The molecule has 0 amide bonds. The van der Waals surface area contributed by atoms with Crippen LogP contribution >= 0.6 is 27.7 Å². The molecule has 0 atom stereocenters. The van der Waals surface area contributed by atoms with Crippen molar-refractivity contribution in [3.63, 3.8) is 0 Å². The van der Waals surface area contributed by atoms with E-state index in [0.717, 1.165) is 28.0 Å². The number of hydrogen-bond acceptors (Lipinski definition) is 5. The van der Waals surface area contributed by atoms with Gasteiger partial charge in [0.25, 0.3) is 5.12 Å². The Balaban J connectivity index is 1.69. The van der Waals surface area contributed by atoms with Crippen LogP contribution in [0.2, 0.25) is 0 Å². The molecule has 0 aliphatic carbocycles. The summed E-state index contributed by atoms with van der Waals surface area (Å²) in [6, 6.07) is 5.23. The number of aryl methyl sites for hydroxylation is 1. The second-order valence-corrected chi connectivity index (χ2v) is 7.47. The van der Waals surface area contributed by atoms with Crippen molar-refractivity contribution in [3.8, 4) is 0 Å². The minimum absolute atomic E-state index is 0.0947. The molecule has 0 spiro atoms. The molecule has 3 aromatic heterocycles. The van der Waals surface area contributed by atoms with Gasteiger partial charge in [-0.3, -0.25) is 9.48 Å². The topological polar surface area (TPSA) is 60.9 Å². The number of nitrogens with zero attached hydrogens (tertiary/aromatic N) is 3. The number of halogens is 4. The van der Waals surface area contributed by atoms with Crippen molar-refractivity contribution in [2.45, 2.75) is 31.6 Å². The Hall–Kier alpha value is -2.07. The van der Waals surface area contributed by atoms with E-state index in [0.29, 0.717) is 30.3 Å². The predicted molar refractivity (Wildman–Crippen MR) is 96.6 cm³/mol. The highest BCUT2D eigenvalue weighted by Crippen LogP contribution is 2.30. The number of rotatable bonds is 4. The minimum atomic E-state index is -4.46. The van der Waals surface area contributed by atoms with Crippen molar-refractivity contribution in [1.82, 2.24) is 14.8 Å². The Morgan fingerprint density at radius 3 is 2.56 bits per heavy atom. The van der Waals surface area contributed by atoms with Gasteiger partial charge in [-0.25, -0.2) is 4.98 Å². The van der Waals surface area contributed by atoms with E-state index in [1.165, 1.54) is 6.07 Å². The molecule has 0 saturated heterocycles. The van der Waals surface area contributed by atoms with Gasteiger partial charge >= 0.3 is 6.18 Å². The lowest BCUT2D eigenvalue weighted by Gasteiger charge is -2.05. The van der Waals surface area contributed by atoms with E-state index in [1.54, 1.807) is 10.7 Å². The summed E-state index contributed by atoms with van der Waals surface area (Å²) in [5.74, 6) is 0.634. The molecule has 3 rings (SSSR count). The van der Waals surface area contributed by atoms with Gasteiger partial charge in [0.15, 0.2) is 5.76 Å². The highest BCUT2D eigenvalue weighted by molar-refractivity contribution is 9.10. The summed E-state index contributed by atoms with van der Waals surface area (Å²) in [6.07, 6.45) is -3.77. The van der Waals surface area contributed by atoms with Crippen LogP contribution in [0.15, 0.2) is 44.4 Å². The van der Waals surface area contributed by atoms with Gasteiger partial charge < -0.3 is 4.42 Å². The Morgan fingerprint density at radius 2 is 2.00 bits per heavy atom. The summed E-state index contributed by atoms with van der Waals surface area (Å²) in [5, 5.41) is 4.09. The van der Waals surface area contributed by atoms with Crippen LogP contribution in [0.1, 0.15) is 33.3 Å². The van der Waals surface area contributed by atoms with Gasteiger partial charge in [-0.15, -0.1) is 0 Å². The smallest absolute Gasteiger partial charge is 0.417 e. The van der Waals surface area contributed by atoms with Crippen LogP contribution in [0, 0.1) is 13.8 Å². The third-order valence-electron chi connectivity index (χ3n) is 3.72. The van der Waals surface area contributed by atoms with Crippen molar-refractivity contribution in [3.05, 3.63) is 63.4 Å².